The minimum absolute atomic E-state index is 0.207. The molecule has 3 heterocycles. The Morgan fingerprint density at radius 3 is 2.70 bits per heavy atom. The van der Waals surface area contributed by atoms with Gasteiger partial charge in [0.25, 0.3) is 5.91 Å². The van der Waals surface area contributed by atoms with Crippen LogP contribution in [0.4, 0.5) is 5.69 Å². The molecule has 0 fully saturated rings. The van der Waals surface area contributed by atoms with Gasteiger partial charge >= 0.3 is 5.97 Å². The first-order chi connectivity index (χ1) is 9.69. The smallest absolute Gasteiger partial charge is 0.350 e. The Kier molecular flexibility index (Phi) is 3.56. The Bertz CT molecular complexity index is 755. The van der Waals surface area contributed by atoms with Crippen molar-refractivity contribution in [3.63, 3.8) is 0 Å². The Hall–Kier alpha value is -1.70. The molecule has 0 aliphatic heterocycles. The van der Waals surface area contributed by atoms with E-state index >= 15 is 0 Å². The number of methoxy groups -OCH3 is 1. The van der Waals surface area contributed by atoms with Crippen molar-refractivity contribution in [3.8, 4) is 0 Å². The van der Waals surface area contributed by atoms with Crippen molar-refractivity contribution in [1.82, 2.24) is 0 Å². The summed E-state index contributed by atoms with van der Waals surface area (Å²) in [5.41, 5.74) is 0.489. The minimum atomic E-state index is -0.442. The predicted octanol–water partition coefficient (Wildman–Crippen LogP) is 4.06. The maximum atomic E-state index is 12.2. The summed E-state index contributed by atoms with van der Waals surface area (Å²) in [6.45, 7) is 0. The molecule has 20 heavy (non-hydrogen) atoms. The zero-order valence-electron chi connectivity index (χ0n) is 10.3. The third-order valence-corrected chi connectivity index (χ3v) is 5.63. The molecule has 0 aromatic carbocycles. The van der Waals surface area contributed by atoms with E-state index in [-0.39, 0.29) is 5.91 Å². The summed E-state index contributed by atoms with van der Waals surface area (Å²) in [5.74, 6) is -0.649. The number of thiophene rings is 3. The van der Waals surface area contributed by atoms with Crippen LogP contribution in [-0.4, -0.2) is 19.0 Å². The molecule has 0 aliphatic carbocycles. The van der Waals surface area contributed by atoms with E-state index in [9.17, 15) is 9.59 Å². The van der Waals surface area contributed by atoms with Gasteiger partial charge in [-0.3, -0.25) is 4.79 Å². The summed E-state index contributed by atoms with van der Waals surface area (Å²) in [7, 11) is 1.32. The monoisotopic (exact) mass is 323 g/mol. The fourth-order valence-corrected chi connectivity index (χ4v) is 4.49. The lowest BCUT2D eigenvalue weighted by Crippen LogP contribution is -2.12. The fourth-order valence-electron chi connectivity index (χ4n) is 1.72. The van der Waals surface area contributed by atoms with Gasteiger partial charge in [0.2, 0.25) is 0 Å². The summed E-state index contributed by atoms with van der Waals surface area (Å²) in [5, 5.41) is 6.50. The van der Waals surface area contributed by atoms with Crippen LogP contribution in [0, 0.1) is 0 Å². The van der Waals surface area contributed by atoms with Crippen molar-refractivity contribution in [2.24, 2.45) is 0 Å². The number of esters is 1. The first-order valence-corrected chi connectivity index (χ1v) is 8.21. The highest BCUT2D eigenvalue weighted by Crippen LogP contribution is 2.31. The Morgan fingerprint density at radius 1 is 1.15 bits per heavy atom. The molecule has 4 nitrogen and oxygen atoms in total. The quantitative estimate of drug-likeness (QED) is 0.739. The van der Waals surface area contributed by atoms with Crippen molar-refractivity contribution < 1.29 is 14.3 Å². The summed E-state index contributed by atoms with van der Waals surface area (Å²) >= 11 is 4.29. The predicted molar refractivity (Wildman–Crippen MR) is 83.3 cm³/mol. The largest absolute Gasteiger partial charge is 0.465 e. The van der Waals surface area contributed by atoms with Crippen LogP contribution in [0.2, 0.25) is 0 Å². The first kappa shape index (κ1) is 13.3. The van der Waals surface area contributed by atoms with E-state index in [4.69, 9.17) is 0 Å². The second-order valence-electron chi connectivity index (χ2n) is 3.87. The second kappa shape index (κ2) is 5.35. The number of anilines is 1. The number of carbonyl (C=O) groups is 2. The standard InChI is InChI=1S/C13H9NO3S3/c1-17-13(16)11-7(2-4-19-11)14-12(15)10-6-9-8(20-10)3-5-18-9/h2-6H,1H3,(H,14,15). The zero-order chi connectivity index (χ0) is 14.1. The van der Waals surface area contributed by atoms with E-state index in [2.05, 4.69) is 10.1 Å². The van der Waals surface area contributed by atoms with Gasteiger partial charge in [-0.05, 0) is 29.0 Å². The number of ether oxygens (including phenoxy) is 1. The van der Waals surface area contributed by atoms with Crippen LogP contribution in [-0.2, 0) is 4.74 Å². The molecule has 7 heteroatoms. The molecule has 0 aliphatic rings. The van der Waals surface area contributed by atoms with E-state index < -0.39 is 5.97 Å². The van der Waals surface area contributed by atoms with Crippen LogP contribution in [0.1, 0.15) is 19.3 Å². The van der Waals surface area contributed by atoms with E-state index in [1.165, 1.54) is 29.8 Å². The van der Waals surface area contributed by atoms with Crippen LogP contribution in [0.15, 0.2) is 29.0 Å². The molecule has 1 amide bonds. The number of carbonyl (C=O) groups excluding carboxylic acids is 2. The lowest BCUT2D eigenvalue weighted by Gasteiger charge is -2.03. The Morgan fingerprint density at radius 2 is 1.95 bits per heavy atom. The molecule has 3 rings (SSSR count). The number of fused-ring (bicyclic) bond motifs is 1. The lowest BCUT2D eigenvalue weighted by atomic mass is 10.3. The summed E-state index contributed by atoms with van der Waals surface area (Å²) in [4.78, 5) is 24.8. The van der Waals surface area contributed by atoms with Gasteiger partial charge in [-0.25, -0.2) is 4.79 Å². The molecule has 0 unspecified atom stereocenters. The second-order valence-corrected chi connectivity index (χ2v) is 6.82. The molecule has 1 N–H and O–H groups in total. The van der Waals surface area contributed by atoms with Gasteiger partial charge in [0.15, 0.2) is 0 Å². The van der Waals surface area contributed by atoms with Crippen LogP contribution in [0.5, 0.6) is 0 Å². The normalized spacial score (nSPS) is 10.7. The highest BCUT2D eigenvalue weighted by molar-refractivity contribution is 7.27. The first-order valence-electron chi connectivity index (χ1n) is 5.63. The molecular formula is C13H9NO3S3. The minimum Gasteiger partial charge on any atom is -0.465 e. The molecular weight excluding hydrogens is 314 g/mol. The van der Waals surface area contributed by atoms with E-state index in [1.807, 2.05) is 17.5 Å². The molecule has 0 radical (unpaired) electrons. The third kappa shape index (κ3) is 2.35. The average molecular weight is 323 g/mol. The highest BCUT2D eigenvalue weighted by atomic mass is 32.1. The molecule has 0 saturated heterocycles. The van der Waals surface area contributed by atoms with E-state index in [1.54, 1.807) is 22.8 Å². The van der Waals surface area contributed by atoms with Gasteiger partial charge in [-0.1, -0.05) is 0 Å². The molecule has 3 aromatic rings. The summed E-state index contributed by atoms with van der Waals surface area (Å²) in [6.07, 6.45) is 0. The van der Waals surface area contributed by atoms with Gasteiger partial charge in [-0.2, -0.15) is 0 Å². The van der Waals surface area contributed by atoms with Gasteiger partial charge in [-0.15, -0.1) is 34.0 Å². The van der Waals surface area contributed by atoms with Crippen LogP contribution >= 0.6 is 34.0 Å². The topological polar surface area (TPSA) is 55.4 Å². The van der Waals surface area contributed by atoms with Crippen LogP contribution in [0.25, 0.3) is 9.40 Å². The van der Waals surface area contributed by atoms with Crippen molar-refractivity contribution in [1.29, 1.82) is 0 Å². The maximum absolute atomic E-state index is 12.2. The fraction of sp³-hybridized carbons (Fsp3) is 0.0769. The Labute approximate surface area is 126 Å². The molecule has 0 spiro atoms. The summed E-state index contributed by atoms with van der Waals surface area (Å²) in [6, 6.07) is 5.56. The van der Waals surface area contributed by atoms with Gasteiger partial charge in [0.1, 0.15) is 4.88 Å². The van der Waals surface area contributed by atoms with Gasteiger partial charge in [0, 0.05) is 9.40 Å². The highest BCUT2D eigenvalue weighted by Gasteiger charge is 2.17. The van der Waals surface area contributed by atoms with Crippen LogP contribution < -0.4 is 5.32 Å². The number of amides is 1. The molecule has 0 saturated carbocycles. The molecule has 0 bridgehead atoms. The number of hydrogen-bond acceptors (Lipinski definition) is 6. The SMILES string of the molecule is COC(=O)c1sccc1NC(=O)c1cc2sccc2s1. The number of rotatable bonds is 3. The molecule has 3 aromatic heterocycles. The van der Waals surface area contributed by atoms with Gasteiger partial charge in [0.05, 0.1) is 17.7 Å². The lowest BCUT2D eigenvalue weighted by molar-refractivity contribution is 0.0607. The number of hydrogen-bond donors (Lipinski definition) is 1. The third-order valence-electron chi connectivity index (χ3n) is 2.65. The number of nitrogens with one attached hydrogen (secondary N) is 1. The Balaban J connectivity index is 1.84. The van der Waals surface area contributed by atoms with Crippen molar-refractivity contribution in [3.05, 3.63) is 38.7 Å². The maximum Gasteiger partial charge on any atom is 0.350 e. The van der Waals surface area contributed by atoms with E-state index in [0.29, 0.717) is 15.4 Å². The average Bonchev–Trinajstić information content (AvgIpc) is 3.11. The van der Waals surface area contributed by atoms with Crippen molar-refractivity contribution in [2.75, 3.05) is 12.4 Å². The summed E-state index contributed by atoms with van der Waals surface area (Å²) < 4.78 is 6.87. The van der Waals surface area contributed by atoms with Crippen molar-refractivity contribution >= 4 is 61.0 Å². The van der Waals surface area contributed by atoms with Crippen LogP contribution in [0.3, 0.4) is 0 Å². The molecule has 102 valence electrons. The van der Waals surface area contributed by atoms with Crippen molar-refractivity contribution in [2.45, 2.75) is 0 Å². The van der Waals surface area contributed by atoms with E-state index in [0.717, 1.165) is 9.40 Å². The van der Waals surface area contributed by atoms with Gasteiger partial charge < -0.3 is 10.1 Å². The zero-order valence-corrected chi connectivity index (χ0v) is 12.8. The molecule has 0 atom stereocenters.